The minimum atomic E-state index is -3.84. The molecule has 1 atom stereocenters. The highest BCUT2D eigenvalue weighted by Crippen LogP contribution is 2.22. The molecule has 0 bridgehead atoms. The van der Waals surface area contributed by atoms with Gasteiger partial charge in [-0.3, -0.25) is 4.79 Å². The number of hydrogen-bond acceptors (Lipinski definition) is 5. The lowest BCUT2D eigenvalue weighted by Gasteiger charge is -2.22. The number of hydrogen-bond donors (Lipinski definition) is 2. The van der Waals surface area contributed by atoms with E-state index in [4.69, 9.17) is 4.74 Å². The van der Waals surface area contributed by atoms with Gasteiger partial charge in [-0.15, -0.1) is 0 Å². The Morgan fingerprint density at radius 1 is 1.26 bits per heavy atom. The third kappa shape index (κ3) is 5.74. The standard InChI is InChI=1S/C18H25FN2O5S/c1-12(17(22)21-11-13-6-4-3-5-7-13)26-18(23)15-10-14(8-9-16(15)19)27(24,25)20-2/h8-10,12-13,20H,3-7,11H2,1-2H3,(H,21,22). The summed E-state index contributed by atoms with van der Waals surface area (Å²) in [6.45, 7) is 1.91. The number of benzene rings is 1. The molecule has 2 rings (SSSR count). The molecule has 2 N–H and O–H groups in total. The normalized spacial score (nSPS) is 16.6. The van der Waals surface area contributed by atoms with E-state index >= 15 is 0 Å². The van der Waals surface area contributed by atoms with Gasteiger partial charge < -0.3 is 10.1 Å². The number of sulfonamides is 1. The summed E-state index contributed by atoms with van der Waals surface area (Å²) >= 11 is 0. The van der Waals surface area contributed by atoms with Crippen molar-refractivity contribution in [1.29, 1.82) is 0 Å². The summed E-state index contributed by atoms with van der Waals surface area (Å²) in [4.78, 5) is 24.0. The van der Waals surface area contributed by atoms with Gasteiger partial charge in [0.25, 0.3) is 5.91 Å². The molecule has 1 aliphatic carbocycles. The smallest absolute Gasteiger partial charge is 0.341 e. The molecule has 7 nitrogen and oxygen atoms in total. The number of amides is 1. The summed E-state index contributed by atoms with van der Waals surface area (Å²) in [6.07, 6.45) is 4.52. The molecule has 27 heavy (non-hydrogen) atoms. The number of carbonyl (C=O) groups is 2. The highest BCUT2D eigenvalue weighted by Gasteiger charge is 2.24. The van der Waals surface area contributed by atoms with Crippen LogP contribution in [0, 0.1) is 11.7 Å². The van der Waals surface area contributed by atoms with Crippen LogP contribution in [-0.4, -0.2) is 40.0 Å². The van der Waals surface area contributed by atoms with E-state index in [0.29, 0.717) is 12.5 Å². The van der Waals surface area contributed by atoms with Gasteiger partial charge in [0.1, 0.15) is 5.82 Å². The van der Waals surface area contributed by atoms with Gasteiger partial charge >= 0.3 is 5.97 Å². The highest BCUT2D eigenvalue weighted by atomic mass is 32.2. The van der Waals surface area contributed by atoms with Crippen LogP contribution in [0.1, 0.15) is 49.4 Å². The maximum atomic E-state index is 13.9. The Morgan fingerprint density at radius 3 is 2.56 bits per heavy atom. The first-order valence-corrected chi connectivity index (χ1v) is 10.4. The number of esters is 1. The van der Waals surface area contributed by atoms with Gasteiger partial charge in [-0.2, -0.15) is 0 Å². The molecular formula is C18H25FN2O5S. The first kappa shape index (κ1) is 21.3. The van der Waals surface area contributed by atoms with E-state index < -0.39 is 39.4 Å². The zero-order chi connectivity index (χ0) is 20.0. The van der Waals surface area contributed by atoms with Crippen molar-refractivity contribution in [3.63, 3.8) is 0 Å². The first-order chi connectivity index (χ1) is 12.7. The maximum Gasteiger partial charge on any atom is 0.341 e. The molecule has 9 heteroatoms. The van der Waals surface area contributed by atoms with E-state index in [2.05, 4.69) is 10.0 Å². The van der Waals surface area contributed by atoms with Gasteiger partial charge in [0.05, 0.1) is 10.5 Å². The molecule has 0 heterocycles. The number of carbonyl (C=O) groups excluding carboxylic acids is 2. The molecule has 0 radical (unpaired) electrons. The first-order valence-electron chi connectivity index (χ1n) is 8.96. The summed E-state index contributed by atoms with van der Waals surface area (Å²) in [7, 11) is -2.64. The van der Waals surface area contributed by atoms with Crippen molar-refractivity contribution in [2.45, 2.75) is 50.0 Å². The fourth-order valence-corrected chi connectivity index (χ4v) is 3.76. The Bertz CT molecular complexity index is 791. The van der Waals surface area contributed by atoms with Crippen LogP contribution in [0.4, 0.5) is 4.39 Å². The topological polar surface area (TPSA) is 102 Å². The maximum absolute atomic E-state index is 13.9. The second-order valence-electron chi connectivity index (χ2n) is 6.65. The lowest BCUT2D eigenvalue weighted by molar-refractivity contribution is -0.129. The van der Waals surface area contributed by atoms with Crippen LogP contribution in [0.5, 0.6) is 0 Å². The Labute approximate surface area is 158 Å². The Hall–Kier alpha value is -2.00. The van der Waals surface area contributed by atoms with Crippen molar-refractivity contribution in [2.75, 3.05) is 13.6 Å². The Kier molecular flexibility index (Phi) is 7.32. The van der Waals surface area contributed by atoms with E-state index in [1.165, 1.54) is 20.4 Å². The minimum absolute atomic E-state index is 0.271. The van der Waals surface area contributed by atoms with Gasteiger partial charge in [-0.25, -0.2) is 22.3 Å². The predicted octanol–water partition coefficient (Wildman–Crippen LogP) is 1.98. The van der Waals surface area contributed by atoms with Crippen molar-refractivity contribution in [2.24, 2.45) is 5.92 Å². The van der Waals surface area contributed by atoms with E-state index in [0.717, 1.165) is 43.9 Å². The molecule has 0 spiro atoms. The van der Waals surface area contributed by atoms with E-state index in [9.17, 15) is 22.4 Å². The average molecular weight is 400 g/mol. The summed E-state index contributed by atoms with van der Waals surface area (Å²) < 4.78 is 44.6. The number of halogens is 1. The van der Waals surface area contributed by atoms with Crippen LogP contribution < -0.4 is 10.0 Å². The van der Waals surface area contributed by atoms with Crippen LogP contribution in [0.15, 0.2) is 23.1 Å². The van der Waals surface area contributed by atoms with E-state index in [1.807, 2.05) is 0 Å². The quantitative estimate of drug-likeness (QED) is 0.682. The molecule has 0 aliphatic heterocycles. The predicted molar refractivity (Wildman–Crippen MR) is 97.1 cm³/mol. The lowest BCUT2D eigenvalue weighted by atomic mass is 9.89. The molecule has 1 aromatic rings. The van der Waals surface area contributed by atoms with Crippen LogP contribution in [0.2, 0.25) is 0 Å². The highest BCUT2D eigenvalue weighted by molar-refractivity contribution is 7.89. The molecule has 1 aliphatic rings. The van der Waals surface area contributed by atoms with Gasteiger partial charge in [-0.05, 0) is 50.9 Å². The molecule has 0 saturated heterocycles. The zero-order valence-electron chi connectivity index (χ0n) is 15.5. The van der Waals surface area contributed by atoms with Gasteiger partial charge in [-0.1, -0.05) is 19.3 Å². The number of rotatable bonds is 7. The van der Waals surface area contributed by atoms with E-state index in [-0.39, 0.29) is 4.90 Å². The van der Waals surface area contributed by atoms with Crippen molar-refractivity contribution >= 4 is 21.9 Å². The fourth-order valence-electron chi connectivity index (χ4n) is 3.00. The Morgan fingerprint density at radius 2 is 1.93 bits per heavy atom. The summed E-state index contributed by atoms with van der Waals surface area (Å²) in [5.41, 5.74) is -0.543. The van der Waals surface area contributed by atoms with Crippen molar-refractivity contribution in [3.05, 3.63) is 29.6 Å². The number of nitrogens with one attached hydrogen (secondary N) is 2. The van der Waals surface area contributed by atoms with Gasteiger partial charge in [0.2, 0.25) is 10.0 Å². The van der Waals surface area contributed by atoms with Gasteiger partial charge in [0.15, 0.2) is 6.10 Å². The third-order valence-electron chi connectivity index (χ3n) is 4.68. The van der Waals surface area contributed by atoms with Crippen LogP contribution in [-0.2, 0) is 19.6 Å². The number of ether oxygens (including phenoxy) is 1. The van der Waals surface area contributed by atoms with E-state index in [1.54, 1.807) is 0 Å². The second-order valence-corrected chi connectivity index (χ2v) is 8.53. The second kappa shape index (κ2) is 9.27. The molecule has 1 saturated carbocycles. The molecule has 1 aromatic carbocycles. The Balaban J connectivity index is 1.99. The molecule has 0 aromatic heterocycles. The van der Waals surface area contributed by atoms with Crippen molar-refractivity contribution in [3.8, 4) is 0 Å². The molecule has 1 amide bonds. The van der Waals surface area contributed by atoms with Crippen LogP contribution in [0.25, 0.3) is 0 Å². The monoisotopic (exact) mass is 400 g/mol. The minimum Gasteiger partial charge on any atom is -0.449 e. The largest absolute Gasteiger partial charge is 0.449 e. The molecule has 150 valence electrons. The summed E-state index contributed by atoms with van der Waals surface area (Å²) in [5, 5.41) is 2.75. The summed E-state index contributed by atoms with van der Waals surface area (Å²) in [5.74, 6) is -2.06. The molecule has 1 fully saturated rings. The average Bonchev–Trinajstić information content (AvgIpc) is 2.66. The van der Waals surface area contributed by atoms with Crippen LogP contribution >= 0.6 is 0 Å². The van der Waals surface area contributed by atoms with Gasteiger partial charge in [0, 0.05) is 6.54 Å². The molecular weight excluding hydrogens is 375 g/mol. The lowest BCUT2D eigenvalue weighted by Crippen LogP contribution is -2.38. The van der Waals surface area contributed by atoms with Crippen LogP contribution in [0.3, 0.4) is 0 Å². The van der Waals surface area contributed by atoms with Crippen molar-refractivity contribution < 1.29 is 27.1 Å². The zero-order valence-corrected chi connectivity index (χ0v) is 16.3. The third-order valence-corrected chi connectivity index (χ3v) is 6.09. The SMILES string of the molecule is CNS(=O)(=O)c1ccc(F)c(C(=O)OC(C)C(=O)NCC2CCCCC2)c1. The summed E-state index contributed by atoms with van der Waals surface area (Å²) in [6, 6.07) is 2.79. The van der Waals surface area contributed by atoms with Crippen molar-refractivity contribution in [1.82, 2.24) is 10.0 Å². The molecule has 1 unspecified atom stereocenters. The fraction of sp³-hybridized carbons (Fsp3) is 0.556.